The average molecular weight is 402 g/mol. The van der Waals surface area contributed by atoms with Crippen molar-refractivity contribution in [2.24, 2.45) is 13.0 Å². The molecule has 3 heterocycles. The SMILES string of the molecule is Cc1nc(-c2cccc(NC(=O)[C@H]3CNC[C@@H]3c3cnn(C)c3)c2)oc1C.Cl. The van der Waals surface area contributed by atoms with Crippen LogP contribution in [0.5, 0.6) is 0 Å². The number of nitrogens with one attached hydrogen (secondary N) is 2. The van der Waals surface area contributed by atoms with Crippen molar-refractivity contribution < 1.29 is 9.21 Å². The molecular formula is C20H24ClN5O2. The van der Waals surface area contributed by atoms with Crippen LogP contribution in [0.15, 0.2) is 41.1 Å². The van der Waals surface area contributed by atoms with Gasteiger partial charge in [-0.25, -0.2) is 4.98 Å². The molecular weight excluding hydrogens is 378 g/mol. The maximum Gasteiger partial charge on any atom is 0.229 e. The minimum Gasteiger partial charge on any atom is -0.441 e. The summed E-state index contributed by atoms with van der Waals surface area (Å²) < 4.78 is 7.46. The Morgan fingerprint density at radius 3 is 2.82 bits per heavy atom. The van der Waals surface area contributed by atoms with Crippen LogP contribution in [0.2, 0.25) is 0 Å². The van der Waals surface area contributed by atoms with Gasteiger partial charge >= 0.3 is 0 Å². The summed E-state index contributed by atoms with van der Waals surface area (Å²) in [7, 11) is 1.89. The summed E-state index contributed by atoms with van der Waals surface area (Å²) >= 11 is 0. The monoisotopic (exact) mass is 401 g/mol. The van der Waals surface area contributed by atoms with Gasteiger partial charge in [0.05, 0.1) is 17.8 Å². The summed E-state index contributed by atoms with van der Waals surface area (Å²) in [4.78, 5) is 17.3. The molecule has 4 rings (SSSR count). The zero-order valence-electron chi connectivity index (χ0n) is 16.1. The van der Waals surface area contributed by atoms with Crippen LogP contribution in [0, 0.1) is 19.8 Å². The van der Waals surface area contributed by atoms with E-state index >= 15 is 0 Å². The Bertz CT molecular complexity index is 961. The Kier molecular flexibility index (Phi) is 5.86. The van der Waals surface area contributed by atoms with Gasteiger partial charge in [0.15, 0.2) is 0 Å². The Balaban J connectivity index is 0.00000225. The summed E-state index contributed by atoms with van der Waals surface area (Å²) in [6.45, 7) is 5.24. The highest BCUT2D eigenvalue weighted by Gasteiger charge is 2.34. The first-order valence-electron chi connectivity index (χ1n) is 9.06. The van der Waals surface area contributed by atoms with Crippen LogP contribution >= 0.6 is 12.4 Å². The number of rotatable bonds is 4. The van der Waals surface area contributed by atoms with Crippen molar-refractivity contribution in [3.05, 3.63) is 53.7 Å². The molecule has 0 unspecified atom stereocenters. The predicted octanol–water partition coefficient (Wildman–Crippen LogP) is 3.06. The van der Waals surface area contributed by atoms with Crippen LogP contribution in [-0.4, -0.2) is 33.8 Å². The molecule has 0 bridgehead atoms. The number of hydrogen-bond acceptors (Lipinski definition) is 5. The quantitative estimate of drug-likeness (QED) is 0.701. The number of oxazole rings is 1. The van der Waals surface area contributed by atoms with Crippen molar-refractivity contribution in [1.82, 2.24) is 20.1 Å². The second-order valence-corrected chi connectivity index (χ2v) is 7.05. The molecule has 2 atom stereocenters. The lowest BCUT2D eigenvalue weighted by Crippen LogP contribution is -2.28. The number of carbonyl (C=O) groups excluding carboxylic acids is 1. The fourth-order valence-corrected chi connectivity index (χ4v) is 3.50. The van der Waals surface area contributed by atoms with Gasteiger partial charge < -0.3 is 15.1 Å². The molecule has 2 N–H and O–H groups in total. The highest BCUT2D eigenvalue weighted by atomic mass is 35.5. The number of benzene rings is 1. The molecule has 1 fully saturated rings. The van der Waals surface area contributed by atoms with Crippen molar-refractivity contribution in [3.8, 4) is 11.5 Å². The van der Waals surface area contributed by atoms with E-state index < -0.39 is 0 Å². The minimum absolute atomic E-state index is 0. The molecule has 1 aromatic carbocycles. The molecule has 148 valence electrons. The zero-order chi connectivity index (χ0) is 19.0. The first-order chi connectivity index (χ1) is 13.0. The third kappa shape index (κ3) is 3.95. The maximum absolute atomic E-state index is 12.9. The average Bonchev–Trinajstić information content (AvgIpc) is 3.36. The van der Waals surface area contributed by atoms with E-state index in [0.717, 1.165) is 34.8 Å². The first-order valence-corrected chi connectivity index (χ1v) is 9.06. The van der Waals surface area contributed by atoms with Crippen molar-refractivity contribution in [3.63, 3.8) is 0 Å². The number of nitrogens with zero attached hydrogens (tertiary/aromatic N) is 3. The summed E-state index contributed by atoms with van der Waals surface area (Å²) in [6.07, 6.45) is 3.82. The fraction of sp³-hybridized carbons (Fsp3) is 0.350. The van der Waals surface area contributed by atoms with Gasteiger partial charge in [0.2, 0.25) is 11.8 Å². The Hall–Kier alpha value is -2.64. The van der Waals surface area contributed by atoms with Crippen LogP contribution in [0.4, 0.5) is 5.69 Å². The van der Waals surface area contributed by atoms with Crippen molar-refractivity contribution in [1.29, 1.82) is 0 Å². The summed E-state index contributed by atoms with van der Waals surface area (Å²) in [5.74, 6) is 1.36. The van der Waals surface area contributed by atoms with E-state index in [1.54, 1.807) is 4.68 Å². The van der Waals surface area contributed by atoms with Crippen molar-refractivity contribution >= 4 is 24.0 Å². The van der Waals surface area contributed by atoms with E-state index in [1.165, 1.54) is 0 Å². The molecule has 1 aliphatic rings. The lowest BCUT2D eigenvalue weighted by atomic mass is 9.90. The first kappa shape index (κ1) is 20.1. The third-order valence-corrected chi connectivity index (χ3v) is 5.11. The second-order valence-electron chi connectivity index (χ2n) is 7.05. The van der Waals surface area contributed by atoms with Gasteiger partial charge in [-0.2, -0.15) is 5.10 Å². The highest BCUT2D eigenvalue weighted by molar-refractivity contribution is 5.94. The van der Waals surface area contributed by atoms with E-state index in [1.807, 2.05) is 57.6 Å². The van der Waals surface area contributed by atoms with Crippen molar-refractivity contribution in [2.45, 2.75) is 19.8 Å². The fourth-order valence-electron chi connectivity index (χ4n) is 3.50. The van der Waals surface area contributed by atoms with E-state index in [9.17, 15) is 4.79 Å². The summed E-state index contributed by atoms with van der Waals surface area (Å²) in [5.41, 5.74) is 3.54. The van der Waals surface area contributed by atoms with Crippen LogP contribution < -0.4 is 10.6 Å². The van der Waals surface area contributed by atoms with Crippen LogP contribution in [-0.2, 0) is 11.8 Å². The minimum atomic E-state index is -0.135. The smallest absolute Gasteiger partial charge is 0.229 e. The normalized spacial score (nSPS) is 18.7. The number of carbonyl (C=O) groups is 1. The van der Waals surface area contributed by atoms with Crippen LogP contribution in [0.25, 0.3) is 11.5 Å². The lowest BCUT2D eigenvalue weighted by Gasteiger charge is -2.17. The van der Waals surface area contributed by atoms with Crippen LogP contribution in [0.3, 0.4) is 0 Å². The van der Waals surface area contributed by atoms with Gasteiger partial charge in [-0.3, -0.25) is 9.48 Å². The number of halogens is 1. The number of anilines is 1. The van der Waals surface area contributed by atoms with Gasteiger partial charge in [0.25, 0.3) is 0 Å². The Morgan fingerprint density at radius 2 is 2.14 bits per heavy atom. The maximum atomic E-state index is 12.9. The molecule has 8 heteroatoms. The highest BCUT2D eigenvalue weighted by Crippen LogP contribution is 2.30. The number of amides is 1. The van der Waals surface area contributed by atoms with Gasteiger partial charge in [-0.15, -0.1) is 12.4 Å². The molecule has 7 nitrogen and oxygen atoms in total. The van der Waals surface area contributed by atoms with Crippen LogP contribution in [0.1, 0.15) is 22.9 Å². The molecule has 1 saturated heterocycles. The van der Waals surface area contributed by atoms with Gasteiger partial charge in [0.1, 0.15) is 5.76 Å². The standard InChI is InChI=1S/C20H23N5O2.ClH/c1-12-13(2)27-20(23-12)14-5-4-6-16(7-14)24-19(26)18-10-21-9-17(18)15-8-22-25(3)11-15;/h4-8,11,17-18,21H,9-10H2,1-3H3,(H,24,26);1H/t17-,18+;/m1./s1. The topological polar surface area (TPSA) is 85.0 Å². The van der Waals surface area contributed by atoms with E-state index in [-0.39, 0.29) is 30.2 Å². The van der Waals surface area contributed by atoms with Crippen molar-refractivity contribution in [2.75, 3.05) is 18.4 Å². The summed E-state index contributed by atoms with van der Waals surface area (Å²) in [6, 6.07) is 7.59. The molecule has 0 radical (unpaired) electrons. The largest absolute Gasteiger partial charge is 0.441 e. The molecule has 0 aliphatic carbocycles. The molecule has 0 saturated carbocycles. The molecule has 1 amide bonds. The molecule has 28 heavy (non-hydrogen) atoms. The number of aryl methyl sites for hydroxylation is 3. The number of hydrogen-bond donors (Lipinski definition) is 2. The lowest BCUT2D eigenvalue weighted by molar-refractivity contribution is -0.119. The Labute approximate surface area is 169 Å². The third-order valence-electron chi connectivity index (χ3n) is 5.11. The molecule has 1 aliphatic heterocycles. The number of aromatic nitrogens is 3. The molecule has 3 aromatic rings. The van der Waals surface area contributed by atoms with Gasteiger partial charge in [-0.05, 0) is 37.6 Å². The van der Waals surface area contributed by atoms with E-state index in [0.29, 0.717) is 12.4 Å². The summed E-state index contributed by atoms with van der Waals surface area (Å²) in [5, 5.41) is 10.6. The van der Waals surface area contributed by atoms with E-state index in [2.05, 4.69) is 20.7 Å². The van der Waals surface area contributed by atoms with Gasteiger partial charge in [-0.1, -0.05) is 6.07 Å². The molecule has 0 spiro atoms. The zero-order valence-corrected chi connectivity index (χ0v) is 16.9. The molecule has 2 aromatic heterocycles. The Morgan fingerprint density at radius 1 is 1.32 bits per heavy atom. The second kappa shape index (κ2) is 8.16. The predicted molar refractivity (Wildman–Crippen MR) is 110 cm³/mol. The van der Waals surface area contributed by atoms with E-state index in [4.69, 9.17) is 4.42 Å². The van der Waals surface area contributed by atoms with Gasteiger partial charge in [0, 0.05) is 43.5 Å².